The fraction of sp³-hybridized carbons (Fsp3) is 0. The zero-order valence-electron chi connectivity index (χ0n) is 3.57. The molecule has 1 aromatic heterocycles. The Morgan fingerprint density at radius 1 is 1.86 bits per heavy atom. The second kappa shape index (κ2) is 1.81. The first-order valence-electron chi connectivity index (χ1n) is 1.78. The van der Waals surface area contributed by atoms with E-state index >= 15 is 0 Å². The van der Waals surface area contributed by atoms with Crippen LogP contribution in [0, 0.1) is 0 Å². The van der Waals surface area contributed by atoms with Gasteiger partial charge in [-0.1, -0.05) is 0 Å². The van der Waals surface area contributed by atoms with Crippen LogP contribution in [-0.4, -0.2) is 38.8 Å². The van der Waals surface area contributed by atoms with Gasteiger partial charge in [0.2, 0.25) is 0 Å². The van der Waals surface area contributed by atoms with Crippen molar-refractivity contribution in [2.45, 2.75) is 0 Å². The molecular formula is C3H3N2OTl. The van der Waals surface area contributed by atoms with E-state index in [9.17, 15) is 0 Å². The van der Waals surface area contributed by atoms with Crippen LogP contribution in [0.25, 0.3) is 0 Å². The Hall–Kier alpha value is -0.0679. The molecule has 1 aromatic rings. The first-order valence-corrected chi connectivity index (χ1v) is 3.78. The van der Waals surface area contributed by atoms with E-state index in [1.54, 1.807) is 8.69 Å². The second-order valence-electron chi connectivity index (χ2n) is 1.18. The average Bonchev–Trinajstić information content (AvgIpc) is 1.87. The van der Waals surface area contributed by atoms with Gasteiger partial charge in [0, 0.05) is 0 Å². The van der Waals surface area contributed by atoms with E-state index in [1.807, 2.05) is 0 Å². The molecule has 7 heavy (non-hydrogen) atoms. The van der Waals surface area contributed by atoms with Gasteiger partial charge < -0.3 is 0 Å². The Bertz CT molecular complexity index is 145. The van der Waals surface area contributed by atoms with E-state index in [0.717, 1.165) is 0 Å². The maximum absolute atomic E-state index is 8.60. The van der Waals surface area contributed by atoms with E-state index in [4.69, 9.17) is 5.11 Å². The first kappa shape index (κ1) is 5.08. The van der Waals surface area contributed by atoms with Crippen molar-refractivity contribution in [2.24, 2.45) is 0 Å². The molecule has 1 rings (SSSR count). The van der Waals surface area contributed by atoms with Gasteiger partial charge in [-0.3, -0.25) is 0 Å². The first-order chi connectivity index (χ1) is 3.29. The summed E-state index contributed by atoms with van der Waals surface area (Å²) < 4.78 is 1.70. The van der Waals surface area contributed by atoms with Gasteiger partial charge in [-0.25, -0.2) is 0 Å². The van der Waals surface area contributed by atoms with Crippen LogP contribution >= 0.6 is 0 Å². The van der Waals surface area contributed by atoms with Gasteiger partial charge in [0.1, 0.15) is 0 Å². The van der Waals surface area contributed by atoms with Crippen molar-refractivity contribution in [1.82, 2.24) is 7.59 Å². The molecule has 0 bridgehead atoms. The van der Waals surface area contributed by atoms with Gasteiger partial charge >= 0.3 is 56.9 Å². The number of hydrogen-bond acceptors (Lipinski definition) is 2. The fourth-order valence-electron chi connectivity index (χ4n) is 0.328. The van der Waals surface area contributed by atoms with E-state index in [-0.39, 0.29) is 5.75 Å². The van der Waals surface area contributed by atoms with Crippen molar-refractivity contribution in [3.8, 4) is 5.75 Å². The quantitative estimate of drug-likeness (QED) is 0.655. The van der Waals surface area contributed by atoms with Gasteiger partial charge in [-0.05, 0) is 0 Å². The second-order valence-corrected chi connectivity index (χ2v) is 3.24. The van der Waals surface area contributed by atoms with Crippen molar-refractivity contribution >= 4 is 26.1 Å². The fourth-order valence-corrected chi connectivity index (χ4v) is 1.18. The molecule has 4 heteroatoms. The predicted octanol–water partition coefficient (Wildman–Crippen LogP) is -0.480. The molecule has 0 saturated carbocycles. The number of nitrogens with zero attached hydrogens (tertiary/aromatic N) is 2. The summed E-state index contributed by atoms with van der Waals surface area (Å²) >= 11 is 0.658. The summed E-state index contributed by atoms with van der Waals surface area (Å²) in [5.74, 6) is 0.252. The van der Waals surface area contributed by atoms with Gasteiger partial charge in [-0.15, -0.1) is 0 Å². The molecular weight excluding hydrogens is 284 g/mol. The summed E-state index contributed by atoms with van der Waals surface area (Å²) in [4.78, 5) is 0. The maximum atomic E-state index is 8.60. The molecule has 0 aliphatic carbocycles. The third-order valence-corrected chi connectivity index (χ3v) is 1.69. The van der Waals surface area contributed by atoms with Crippen molar-refractivity contribution in [3.63, 3.8) is 0 Å². The minimum absolute atomic E-state index is 0.252. The molecule has 1 N–H and O–H groups in total. The predicted molar refractivity (Wildman–Crippen MR) is 25.0 cm³/mol. The van der Waals surface area contributed by atoms with E-state index < -0.39 is 0 Å². The Balaban J connectivity index is 3.04. The molecule has 0 spiro atoms. The standard InChI is InChI=1S/C3H3N2O.Tl/c6-3-1-4-5-2-3;/h1-2H,(H-,4,5,6);/q-1;+1. The Kier molecular flexibility index (Phi) is 1.31. The van der Waals surface area contributed by atoms with E-state index in [2.05, 4.69) is 5.10 Å². The van der Waals surface area contributed by atoms with Crippen LogP contribution in [0.3, 0.4) is 0 Å². The van der Waals surface area contributed by atoms with Crippen LogP contribution in [0.15, 0.2) is 12.4 Å². The van der Waals surface area contributed by atoms with Gasteiger partial charge in [0.15, 0.2) is 0 Å². The molecule has 3 nitrogen and oxygen atoms in total. The van der Waals surface area contributed by atoms with Gasteiger partial charge in [0.25, 0.3) is 0 Å². The van der Waals surface area contributed by atoms with Crippen molar-refractivity contribution in [1.29, 1.82) is 0 Å². The summed E-state index contributed by atoms with van der Waals surface area (Å²) in [6.07, 6.45) is 3.03. The molecule has 0 aliphatic rings. The molecule has 0 amide bonds. The molecule has 0 fully saturated rings. The zero-order valence-corrected chi connectivity index (χ0v) is 8.06. The van der Waals surface area contributed by atoms with Crippen LogP contribution in [-0.2, 0) is 0 Å². The normalized spacial score (nSPS) is 9.00. The van der Waals surface area contributed by atoms with E-state index in [1.165, 1.54) is 6.20 Å². The van der Waals surface area contributed by atoms with E-state index in [0.29, 0.717) is 26.1 Å². The van der Waals surface area contributed by atoms with Crippen molar-refractivity contribution in [2.75, 3.05) is 0 Å². The van der Waals surface area contributed by atoms with Crippen molar-refractivity contribution < 1.29 is 5.11 Å². The Labute approximate surface area is 57.1 Å². The number of rotatable bonds is 0. The molecule has 1 heterocycles. The molecule has 0 saturated heterocycles. The van der Waals surface area contributed by atoms with Crippen LogP contribution in [0.2, 0.25) is 0 Å². The van der Waals surface area contributed by atoms with Crippen LogP contribution < -0.4 is 0 Å². The third-order valence-electron chi connectivity index (χ3n) is 0.588. The third kappa shape index (κ3) is 1.15. The zero-order chi connectivity index (χ0) is 5.28. The monoisotopic (exact) mass is 288 g/mol. The molecule has 0 atom stereocenters. The Morgan fingerprint density at radius 2 is 2.57 bits per heavy atom. The number of aromatic hydroxyl groups is 1. The summed E-state index contributed by atoms with van der Waals surface area (Å²) in [5.41, 5.74) is 0. The average molecular weight is 287 g/mol. The van der Waals surface area contributed by atoms with Crippen molar-refractivity contribution in [3.05, 3.63) is 12.4 Å². The molecule has 0 unspecified atom stereocenters. The van der Waals surface area contributed by atoms with Crippen LogP contribution in [0.1, 0.15) is 0 Å². The summed E-state index contributed by atoms with van der Waals surface area (Å²) in [7, 11) is 0. The SMILES string of the molecule is Oc1cn[n]([Tl])c1. The summed E-state index contributed by atoms with van der Waals surface area (Å²) in [5, 5.41) is 12.4. The summed E-state index contributed by atoms with van der Waals surface area (Å²) in [6, 6.07) is 0. The number of aromatic nitrogens is 2. The van der Waals surface area contributed by atoms with Crippen LogP contribution in [0.5, 0.6) is 5.75 Å². The molecule has 0 aromatic carbocycles. The molecule has 0 aliphatic heterocycles. The van der Waals surface area contributed by atoms with Gasteiger partial charge in [0.05, 0.1) is 0 Å². The molecule has 0 radical (unpaired) electrons. The molecule has 34 valence electrons. The summed E-state index contributed by atoms with van der Waals surface area (Å²) in [6.45, 7) is 0. The minimum atomic E-state index is 0.252. The number of hydrogen-bond donors (Lipinski definition) is 1. The Morgan fingerprint density at radius 3 is 2.71 bits per heavy atom. The van der Waals surface area contributed by atoms with Crippen LogP contribution in [0.4, 0.5) is 0 Å². The topological polar surface area (TPSA) is 38.1 Å². The van der Waals surface area contributed by atoms with Gasteiger partial charge in [-0.2, -0.15) is 0 Å².